The number of carboxylic acids is 1. The van der Waals surface area contributed by atoms with Crippen LogP contribution in [0.5, 0.6) is 0 Å². The molecule has 114 valence electrons. The van der Waals surface area contributed by atoms with E-state index in [1.165, 1.54) is 17.0 Å². The van der Waals surface area contributed by atoms with Gasteiger partial charge >= 0.3 is 5.97 Å². The van der Waals surface area contributed by atoms with Gasteiger partial charge in [-0.05, 0) is 18.2 Å². The number of aromatic carboxylic acids is 1. The van der Waals surface area contributed by atoms with Crippen molar-refractivity contribution < 1.29 is 23.1 Å². The van der Waals surface area contributed by atoms with Gasteiger partial charge in [0.2, 0.25) is 15.9 Å². The summed E-state index contributed by atoms with van der Waals surface area (Å²) in [5.41, 5.74) is -0.292. The number of likely N-dealkylation sites (N-methyl/N-ethyl adjacent to an activating group) is 1. The highest BCUT2D eigenvalue weighted by atomic mass is 35.5. The fourth-order valence-electron chi connectivity index (χ4n) is 2.07. The van der Waals surface area contributed by atoms with Gasteiger partial charge in [-0.1, -0.05) is 11.6 Å². The van der Waals surface area contributed by atoms with E-state index in [0.29, 0.717) is 0 Å². The number of hydrogen-bond acceptors (Lipinski definition) is 4. The van der Waals surface area contributed by atoms with Gasteiger partial charge in [-0.2, -0.15) is 0 Å². The van der Waals surface area contributed by atoms with E-state index in [1.54, 1.807) is 7.05 Å². The molecule has 1 saturated heterocycles. The number of carbonyl (C=O) groups excluding carboxylic acids is 1. The summed E-state index contributed by atoms with van der Waals surface area (Å²) in [5.74, 6) is -1.46. The average molecular weight is 333 g/mol. The molecule has 1 aromatic rings. The van der Waals surface area contributed by atoms with E-state index in [1.807, 2.05) is 0 Å². The Morgan fingerprint density at radius 2 is 2.14 bits per heavy atom. The van der Waals surface area contributed by atoms with E-state index in [-0.39, 0.29) is 34.4 Å². The third kappa shape index (κ3) is 3.34. The molecule has 0 bridgehead atoms. The van der Waals surface area contributed by atoms with Crippen molar-refractivity contribution in [3.05, 3.63) is 28.8 Å². The predicted molar refractivity (Wildman–Crippen MR) is 74.8 cm³/mol. The number of halogens is 1. The average Bonchev–Trinajstić information content (AvgIpc) is 2.67. The second-order valence-corrected chi connectivity index (χ2v) is 6.86. The first-order chi connectivity index (χ1) is 9.70. The van der Waals surface area contributed by atoms with Crippen molar-refractivity contribution in [3.63, 3.8) is 0 Å². The number of nitrogens with one attached hydrogen (secondary N) is 1. The van der Waals surface area contributed by atoms with Crippen LogP contribution >= 0.6 is 11.6 Å². The molecule has 1 unspecified atom stereocenters. The second-order valence-electron chi connectivity index (χ2n) is 4.74. The van der Waals surface area contributed by atoms with Gasteiger partial charge in [0.15, 0.2) is 0 Å². The van der Waals surface area contributed by atoms with Gasteiger partial charge in [0.05, 0.1) is 15.5 Å². The van der Waals surface area contributed by atoms with E-state index >= 15 is 0 Å². The molecule has 21 heavy (non-hydrogen) atoms. The topological polar surface area (TPSA) is 104 Å². The number of nitrogens with zero attached hydrogens (tertiary/aromatic N) is 1. The molecule has 0 aliphatic carbocycles. The van der Waals surface area contributed by atoms with Gasteiger partial charge in [-0.25, -0.2) is 17.9 Å². The molecular formula is C12H13ClN2O5S. The zero-order chi connectivity index (χ0) is 15.8. The first kappa shape index (κ1) is 15.7. The molecule has 0 spiro atoms. The summed E-state index contributed by atoms with van der Waals surface area (Å²) < 4.78 is 26.8. The monoisotopic (exact) mass is 332 g/mol. The number of benzene rings is 1. The smallest absolute Gasteiger partial charge is 0.337 e. The molecule has 9 heteroatoms. The van der Waals surface area contributed by atoms with Crippen molar-refractivity contribution in [1.29, 1.82) is 0 Å². The summed E-state index contributed by atoms with van der Waals surface area (Å²) in [4.78, 5) is 23.6. The molecule has 2 N–H and O–H groups in total. The molecule has 1 atom stereocenters. The molecule has 1 aromatic carbocycles. The Bertz CT molecular complexity index is 704. The van der Waals surface area contributed by atoms with Crippen molar-refractivity contribution in [1.82, 2.24) is 9.62 Å². The fourth-order valence-corrected chi connectivity index (χ4v) is 3.52. The maximum Gasteiger partial charge on any atom is 0.337 e. The minimum atomic E-state index is -3.91. The van der Waals surface area contributed by atoms with Crippen LogP contribution in [0.1, 0.15) is 16.8 Å². The van der Waals surface area contributed by atoms with E-state index in [2.05, 4.69) is 4.72 Å². The number of sulfonamides is 1. The second kappa shape index (κ2) is 5.63. The van der Waals surface area contributed by atoms with E-state index in [4.69, 9.17) is 16.7 Å². The van der Waals surface area contributed by atoms with Crippen LogP contribution in [0.15, 0.2) is 23.1 Å². The van der Waals surface area contributed by atoms with Crippen LogP contribution in [0.2, 0.25) is 5.02 Å². The molecular weight excluding hydrogens is 320 g/mol. The van der Waals surface area contributed by atoms with E-state index < -0.39 is 22.0 Å². The summed E-state index contributed by atoms with van der Waals surface area (Å²) in [5, 5.41) is 8.91. The Hall–Kier alpha value is -1.64. The quantitative estimate of drug-likeness (QED) is 0.837. The maximum absolute atomic E-state index is 12.2. The lowest BCUT2D eigenvalue weighted by atomic mass is 10.2. The zero-order valence-corrected chi connectivity index (χ0v) is 12.6. The van der Waals surface area contributed by atoms with Gasteiger partial charge in [-0.3, -0.25) is 4.79 Å². The Morgan fingerprint density at radius 3 is 2.67 bits per heavy atom. The van der Waals surface area contributed by atoms with Crippen molar-refractivity contribution in [2.75, 3.05) is 13.6 Å². The number of hydrogen-bond donors (Lipinski definition) is 2. The highest BCUT2D eigenvalue weighted by Gasteiger charge is 2.31. The highest BCUT2D eigenvalue weighted by molar-refractivity contribution is 7.89. The molecule has 1 fully saturated rings. The predicted octanol–water partition coefficient (Wildman–Crippen LogP) is 0.547. The van der Waals surface area contributed by atoms with Gasteiger partial charge < -0.3 is 10.0 Å². The number of likely N-dealkylation sites (tertiary alicyclic amines) is 1. The first-order valence-electron chi connectivity index (χ1n) is 6.00. The molecule has 1 heterocycles. The Kier molecular flexibility index (Phi) is 4.22. The van der Waals surface area contributed by atoms with Crippen LogP contribution in [-0.2, 0) is 14.8 Å². The third-order valence-electron chi connectivity index (χ3n) is 3.14. The van der Waals surface area contributed by atoms with Crippen LogP contribution in [0.25, 0.3) is 0 Å². The Balaban J connectivity index is 2.26. The SMILES string of the molecule is CN1CC(NS(=O)(=O)c2ccc(Cl)c(C(=O)O)c2)CC1=O. The van der Waals surface area contributed by atoms with Gasteiger partial charge in [0, 0.05) is 26.1 Å². The fraction of sp³-hybridized carbons (Fsp3) is 0.333. The maximum atomic E-state index is 12.2. The molecule has 0 saturated carbocycles. The van der Waals surface area contributed by atoms with E-state index in [0.717, 1.165) is 6.07 Å². The Labute approximate surface area is 126 Å². The summed E-state index contributed by atoms with van der Waals surface area (Å²) in [7, 11) is -2.33. The van der Waals surface area contributed by atoms with Crippen LogP contribution in [0, 0.1) is 0 Å². The highest BCUT2D eigenvalue weighted by Crippen LogP contribution is 2.21. The molecule has 1 amide bonds. The molecule has 1 aliphatic heterocycles. The largest absolute Gasteiger partial charge is 0.478 e. The molecule has 0 radical (unpaired) electrons. The van der Waals surface area contributed by atoms with Crippen LogP contribution < -0.4 is 4.72 Å². The zero-order valence-electron chi connectivity index (χ0n) is 11.0. The molecule has 1 aliphatic rings. The molecule has 0 aromatic heterocycles. The van der Waals surface area contributed by atoms with Gasteiger partial charge in [0.25, 0.3) is 0 Å². The lowest BCUT2D eigenvalue weighted by molar-refractivity contribution is -0.126. The lowest BCUT2D eigenvalue weighted by Gasteiger charge is -2.13. The minimum Gasteiger partial charge on any atom is -0.478 e. The number of rotatable bonds is 4. The lowest BCUT2D eigenvalue weighted by Crippen LogP contribution is -2.36. The summed E-state index contributed by atoms with van der Waals surface area (Å²) in [6, 6.07) is 2.90. The molecule has 7 nitrogen and oxygen atoms in total. The number of carbonyl (C=O) groups is 2. The summed E-state index contributed by atoms with van der Waals surface area (Å²) in [6.45, 7) is 0.275. The first-order valence-corrected chi connectivity index (χ1v) is 7.86. The Morgan fingerprint density at radius 1 is 1.48 bits per heavy atom. The summed E-state index contributed by atoms with van der Waals surface area (Å²) in [6.07, 6.45) is 0.0785. The van der Waals surface area contributed by atoms with Gasteiger partial charge in [-0.15, -0.1) is 0 Å². The third-order valence-corrected chi connectivity index (χ3v) is 4.99. The minimum absolute atomic E-state index is 0.0442. The van der Waals surface area contributed by atoms with E-state index in [9.17, 15) is 18.0 Å². The van der Waals surface area contributed by atoms with Crippen molar-refractivity contribution in [3.8, 4) is 0 Å². The van der Waals surface area contributed by atoms with Crippen LogP contribution in [0.4, 0.5) is 0 Å². The normalized spacial score (nSPS) is 19.0. The van der Waals surface area contributed by atoms with Crippen molar-refractivity contribution in [2.45, 2.75) is 17.4 Å². The molecule has 2 rings (SSSR count). The number of amides is 1. The van der Waals surface area contributed by atoms with Crippen molar-refractivity contribution in [2.24, 2.45) is 0 Å². The van der Waals surface area contributed by atoms with Gasteiger partial charge in [0.1, 0.15) is 0 Å². The van der Waals surface area contributed by atoms with Crippen LogP contribution in [0.3, 0.4) is 0 Å². The number of carboxylic acid groups (broad SMARTS) is 1. The standard InChI is InChI=1S/C12H13ClN2O5S/c1-15-6-7(4-11(15)16)14-21(19,20)8-2-3-10(13)9(5-8)12(17)18/h2-3,5,7,14H,4,6H2,1H3,(H,17,18). The van der Waals surface area contributed by atoms with Crippen LogP contribution in [-0.4, -0.2) is 49.9 Å². The summed E-state index contributed by atoms with van der Waals surface area (Å²) >= 11 is 5.70. The van der Waals surface area contributed by atoms with Crippen molar-refractivity contribution >= 4 is 33.5 Å².